The molecule has 0 fully saturated rings. The Morgan fingerprint density at radius 1 is 1.20 bits per heavy atom. The highest BCUT2D eigenvalue weighted by atomic mass is 32.5. The summed E-state index contributed by atoms with van der Waals surface area (Å²) in [4.78, 5) is 0.168. The first-order chi connectivity index (χ1) is 9.37. The number of nitrogens with one attached hydrogen (secondary N) is 1. The van der Waals surface area contributed by atoms with Crippen molar-refractivity contribution in [1.29, 1.82) is 0 Å². The minimum atomic E-state index is -3.48. The van der Waals surface area contributed by atoms with Crippen molar-refractivity contribution < 1.29 is 22.0 Å². The monoisotopic (exact) mass is 339 g/mol. The van der Waals surface area contributed by atoms with Crippen molar-refractivity contribution >= 4 is 28.5 Å². The Morgan fingerprint density at radius 3 is 2.20 bits per heavy atom. The summed E-state index contributed by atoms with van der Waals surface area (Å²) in [5, 5.41) is 0. The van der Waals surface area contributed by atoms with Crippen LogP contribution in [0, 0.1) is 0 Å². The molecule has 0 aliphatic carbocycles. The molecular weight excluding hydrogens is 321 g/mol. The van der Waals surface area contributed by atoms with Crippen LogP contribution in [0.25, 0.3) is 0 Å². The molecule has 20 heavy (non-hydrogen) atoms. The lowest BCUT2D eigenvalue weighted by atomic mass is 10.3. The van der Waals surface area contributed by atoms with Crippen LogP contribution in [0.2, 0.25) is 0 Å². The number of rotatable bonds is 8. The molecule has 0 aliphatic rings. The highest BCUT2D eigenvalue weighted by Crippen LogP contribution is 2.48. The predicted molar refractivity (Wildman–Crippen MR) is 80.9 cm³/mol. The summed E-state index contributed by atoms with van der Waals surface area (Å²) in [7, 11) is -0.678. The first kappa shape index (κ1) is 17.6. The smallest absolute Gasteiger partial charge is 0.380 e. The maximum atomic E-state index is 11.9. The van der Waals surface area contributed by atoms with Gasteiger partial charge < -0.3 is 13.6 Å². The molecule has 0 bridgehead atoms. The van der Waals surface area contributed by atoms with Crippen molar-refractivity contribution in [3.63, 3.8) is 0 Å². The number of hydrogen-bond donors (Lipinski definition) is 1. The van der Waals surface area contributed by atoms with Gasteiger partial charge in [-0.15, -0.1) is 0 Å². The van der Waals surface area contributed by atoms with E-state index in [1.807, 2.05) is 6.92 Å². The quantitative estimate of drug-likeness (QED) is 0.733. The largest absolute Gasteiger partial charge is 0.424 e. The van der Waals surface area contributed by atoms with Crippen molar-refractivity contribution in [2.45, 2.75) is 18.2 Å². The molecule has 0 spiro atoms. The lowest BCUT2D eigenvalue weighted by molar-refractivity contribution is 0.273. The molecule has 0 saturated carbocycles. The van der Waals surface area contributed by atoms with Gasteiger partial charge in [-0.2, -0.15) is 0 Å². The Kier molecular flexibility index (Phi) is 6.57. The Labute approximate surface area is 124 Å². The Bertz CT molecular complexity index is 565. The van der Waals surface area contributed by atoms with Gasteiger partial charge in [0.15, 0.2) is 0 Å². The third-order valence-corrected chi connectivity index (χ3v) is 6.26. The van der Waals surface area contributed by atoms with E-state index < -0.39 is 16.7 Å². The fourth-order valence-electron chi connectivity index (χ4n) is 1.28. The minimum Gasteiger partial charge on any atom is -0.424 e. The zero-order valence-electron chi connectivity index (χ0n) is 11.5. The topological polar surface area (TPSA) is 73.9 Å². The molecule has 0 saturated heterocycles. The lowest BCUT2D eigenvalue weighted by Gasteiger charge is -2.18. The average molecular weight is 339 g/mol. The maximum Gasteiger partial charge on any atom is 0.380 e. The Balaban J connectivity index is 2.87. The second-order valence-corrected chi connectivity index (χ2v) is 8.69. The highest BCUT2D eigenvalue weighted by Gasteiger charge is 2.19. The molecule has 0 aliphatic heterocycles. The fraction of sp³-hybridized carbons (Fsp3) is 0.455. The van der Waals surface area contributed by atoms with Gasteiger partial charge in [0.1, 0.15) is 5.75 Å². The predicted octanol–water partition coefficient (Wildman–Crippen LogP) is 2.27. The van der Waals surface area contributed by atoms with Gasteiger partial charge in [0, 0.05) is 32.6 Å². The van der Waals surface area contributed by atoms with E-state index in [0.717, 1.165) is 6.42 Å². The van der Waals surface area contributed by atoms with Crippen LogP contribution in [0.4, 0.5) is 0 Å². The highest BCUT2D eigenvalue weighted by molar-refractivity contribution is 8.07. The van der Waals surface area contributed by atoms with Crippen molar-refractivity contribution in [1.82, 2.24) is 4.72 Å². The van der Waals surface area contributed by atoms with Crippen molar-refractivity contribution in [2.75, 3.05) is 20.8 Å². The van der Waals surface area contributed by atoms with E-state index in [1.165, 1.54) is 38.5 Å². The van der Waals surface area contributed by atoms with E-state index in [4.69, 9.17) is 25.4 Å². The third-order valence-electron chi connectivity index (χ3n) is 2.34. The summed E-state index contributed by atoms with van der Waals surface area (Å²) in [5.74, 6) is 0.395. The van der Waals surface area contributed by atoms with Crippen LogP contribution in [0.15, 0.2) is 29.2 Å². The number of hydrogen-bond acceptors (Lipinski definition) is 6. The van der Waals surface area contributed by atoms with E-state index in [-0.39, 0.29) is 4.90 Å². The molecule has 114 valence electrons. The minimum absolute atomic E-state index is 0.168. The van der Waals surface area contributed by atoms with Crippen LogP contribution in [0.3, 0.4) is 0 Å². The summed E-state index contributed by atoms with van der Waals surface area (Å²) in [5.41, 5.74) is 0. The lowest BCUT2D eigenvalue weighted by Crippen LogP contribution is -2.24. The first-order valence-electron chi connectivity index (χ1n) is 5.87. The average Bonchev–Trinajstić information content (AvgIpc) is 2.45. The molecule has 6 nitrogen and oxygen atoms in total. The van der Waals surface area contributed by atoms with Gasteiger partial charge in [0.2, 0.25) is 10.0 Å². The standard InChI is InChI=1S/C11H18NO5PS2/c1-4-9-12-20(13,14)11-7-5-10(6-8-11)17-18(19,15-2)16-3/h5-8,12H,4,9H2,1-3H3. The molecule has 1 aromatic rings. The molecule has 9 heteroatoms. The van der Waals surface area contributed by atoms with Gasteiger partial charge in [-0.25, -0.2) is 13.1 Å². The van der Waals surface area contributed by atoms with Crippen LogP contribution < -0.4 is 9.25 Å². The second kappa shape index (κ2) is 7.49. The Hall–Kier alpha value is -0.500. The number of benzene rings is 1. The molecule has 0 unspecified atom stereocenters. The van der Waals surface area contributed by atoms with Gasteiger partial charge in [-0.1, -0.05) is 6.92 Å². The molecular formula is C11H18NO5PS2. The molecule has 1 aromatic carbocycles. The molecule has 1 N–H and O–H groups in total. The van der Waals surface area contributed by atoms with E-state index in [0.29, 0.717) is 12.3 Å². The second-order valence-electron chi connectivity index (χ2n) is 3.77. The van der Waals surface area contributed by atoms with Crippen LogP contribution in [0.1, 0.15) is 13.3 Å². The van der Waals surface area contributed by atoms with Gasteiger partial charge in [0.25, 0.3) is 0 Å². The van der Waals surface area contributed by atoms with E-state index in [9.17, 15) is 8.42 Å². The van der Waals surface area contributed by atoms with Gasteiger partial charge in [0.05, 0.1) is 4.90 Å². The normalized spacial score (nSPS) is 12.3. The SMILES string of the molecule is CCCNS(=O)(=O)c1ccc(OP(=S)(OC)OC)cc1. The van der Waals surface area contributed by atoms with Crippen LogP contribution in [0.5, 0.6) is 5.75 Å². The molecule has 0 heterocycles. The summed E-state index contributed by atoms with van der Waals surface area (Å²) in [6.07, 6.45) is 0.727. The molecule has 1 rings (SSSR count). The summed E-state index contributed by atoms with van der Waals surface area (Å²) >= 11 is 5.06. The zero-order valence-corrected chi connectivity index (χ0v) is 14.1. The van der Waals surface area contributed by atoms with Crippen molar-refractivity contribution in [3.05, 3.63) is 24.3 Å². The third kappa shape index (κ3) is 4.80. The zero-order chi connectivity index (χ0) is 15.2. The van der Waals surface area contributed by atoms with Crippen molar-refractivity contribution in [2.24, 2.45) is 0 Å². The molecule has 0 amide bonds. The van der Waals surface area contributed by atoms with Crippen molar-refractivity contribution in [3.8, 4) is 5.75 Å². The maximum absolute atomic E-state index is 11.9. The van der Waals surface area contributed by atoms with Gasteiger partial charge >= 0.3 is 6.72 Å². The molecule has 0 aromatic heterocycles. The molecule has 0 atom stereocenters. The van der Waals surface area contributed by atoms with Gasteiger partial charge in [-0.3, -0.25) is 0 Å². The van der Waals surface area contributed by atoms with E-state index in [1.54, 1.807) is 0 Å². The summed E-state index contributed by atoms with van der Waals surface area (Å²) in [6.45, 7) is -0.520. The van der Waals surface area contributed by atoms with Crippen LogP contribution >= 0.6 is 6.72 Å². The van der Waals surface area contributed by atoms with Crippen LogP contribution in [-0.4, -0.2) is 29.2 Å². The summed E-state index contributed by atoms with van der Waals surface area (Å²) < 4.78 is 41.7. The van der Waals surface area contributed by atoms with E-state index in [2.05, 4.69) is 4.72 Å². The Morgan fingerprint density at radius 2 is 1.75 bits per heavy atom. The summed E-state index contributed by atoms with van der Waals surface area (Å²) in [6, 6.07) is 5.91. The number of sulfonamides is 1. The molecule has 0 radical (unpaired) electrons. The fourth-order valence-corrected chi connectivity index (χ4v) is 3.35. The van der Waals surface area contributed by atoms with Crippen LogP contribution in [-0.2, 0) is 30.9 Å². The first-order valence-corrected chi connectivity index (χ1v) is 9.91. The van der Waals surface area contributed by atoms with E-state index >= 15 is 0 Å². The van der Waals surface area contributed by atoms with Gasteiger partial charge in [-0.05, 0) is 30.7 Å².